The second-order valence-corrected chi connectivity index (χ2v) is 5.60. The molecular weight excluding hydrogens is 244 g/mol. The predicted octanol–water partition coefficient (Wildman–Crippen LogP) is 1.56. The smallest absolute Gasteiger partial charge is 0.255 e. The first kappa shape index (κ1) is 15.3. The van der Waals surface area contributed by atoms with Crippen LogP contribution in [0.2, 0.25) is 0 Å². The van der Waals surface area contributed by atoms with Crippen LogP contribution in [-0.4, -0.2) is 29.3 Å². The van der Waals surface area contributed by atoms with Crippen LogP contribution in [0, 0.1) is 0 Å². The number of amides is 1. The molecule has 19 heavy (non-hydrogen) atoms. The maximum atomic E-state index is 12.3. The third kappa shape index (κ3) is 3.38. The number of aliphatic hydroxyl groups is 1. The van der Waals surface area contributed by atoms with Crippen molar-refractivity contribution < 1.29 is 14.6 Å². The van der Waals surface area contributed by atoms with Gasteiger partial charge < -0.3 is 20.9 Å². The summed E-state index contributed by atoms with van der Waals surface area (Å²) in [4.78, 5) is 12.3. The molecule has 5 heteroatoms. The number of rotatable bonds is 4. The molecule has 0 unspecified atom stereocenters. The third-order valence-electron chi connectivity index (χ3n) is 3.43. The molecule has 5 nitrogen and oxygen atoms in total. The van der Waals surface area contributed by atoms with Crippen LogP contribution in [0.25, 0.3) is 0 Å². The number of benzene rings is 1. The highest BCUT2D eigenvalue weighted by atomic mass is 16.5. The molecule has 1 aromatic carbocycles. The van der Waals surface area contributed by atoms with E-state index in [0.29, 0.717) is 17.0 Å². The van der Waals surface area contributed by atoms with E-state index in [1.165, 1.54) is 7.11 Å². The quantitative estimate of drug-likeness (QED) is 0.722. The first-order chi connectivity index (χ1) is 8.58. The van der Waals surface area contributed by atoms with Gasteiger partial charge in [0, 0.05) is 11.8 Å². The number of nitrogens with two attached hydrogens (primary N) is 1. The van der Waals surface area contributed by atoms with Crippen LogP contribution in [0.3, 0.4) is 0 Å². The van der Waals surface area contributed by atoms with Crippen molar-refractivity contribution in [2.24, 2.45) is 0 Å². The first-order valence-electron chi connectivity index (χ1n) is 6.07. The molecule has 0 fully saturated rings. The average molecular weight is 266 g/mol. The Kier molecular flexibility index (Phi) is 4.10. The Morgan fingerprint density at radius 1 is 1.32 bits per heavy atom. The van der Waals surface area contributed by atoms with Crippen molar-refractivity contribution in [3.8, 4) is 5.75 Å². The Bertz CT molecular complexity index is 476. The number of nitrogens with one attached hydrogen (secondary N) is 1. The zero-order valence-corrected chi connectivity index (χ0v) is 12.1. The van der Waals surface area contributed by atoms with E-state index in [1.807, 2.05) is 0 Å². The molecule has 0 saturated heterocycles. The Balaban J connectivity index is 3.03. The van der Waals surface area contributed by atoms with Crippen LogP contribution in [0.4, 0.5) is 5.69 Å². The molecule has 0 atom stereocenters. The van der Waals surface area contributed by atoms with Crippen molar-refractivity contribution in [2.75, 3.05) is 12.8 Å². The molecule has 0 radical (unpaired) electrons. The van der Waals surface area contributed by atoms with Gasteiger partial charge in [-0.15, -0.1) is 0 Å². The van der Waals surface area contributed by atoms with Gasteiger partial charge in [-0.1, -0.05) is 0 Å². The molecule has 0 spiro atoms. The van der Waals surface area contributed by atoms with Gasteiger partial charge in [0.2, 0.25) is 0 Å². The van der Waals surface area contributed by atoms with E-state index in [0.717, 1.165) is 0 Å². The van der Waals surface area contributed by atoms with Gasteiger partial charge in [0.05, 0.1) is 23.8 Å². The number of ether oxygens (including phenoxy) is 1. The van der Waals surface area contributed by atoms with Gasteiger partial charge in [-0.05, 0) is 39.8 Å². The highest BCUT2D eigenvalue weighted by Crippen LogP contribution is 2.25. The van der Waals surface area contributed by atoms with Gasteiger partial charge >= 0.3 is 0 Å². The number of hydrogen-bond acceptors (Lipinski definition) is 4. The van der Waals surface area contributed by atoms with Gasteiger partial charge in [0.1, 0.15) is 5.75 Å². The van der Waals surface area contributed by atoms with E-state index in [1.54, 1.807) is 45.9 Å². The maximum Gasteiger partial charge on any atom is 0.255 e. The molecule has 0 aliphatic heterocycles. The molecule has 4 N–H and O–H groups in total. The zero-order valence-electron chi connectivity index (χ0n) is 12.1. The van der Waals surface area contributed by atoms with Crippen LogP contribution >= 0.6 is 0 Å². The Hall–Kier alpha value is -1.75. The minimum Gasteiger partial charge on any atom is -0.496 e. The minimum absolute atomic E-state index is 0.316. The van der Waals surface area contributed by atoms with Crippen LogP contribution in [0.15, 0.2) is 18.2 Å². The fraction of sp³-hybridized carbons (Fsp3) is 0.500. The molecule has 0 saturated carbocycles. The van der Waals surface area contributed by atoms with Crippen molar-refractivity contribution >= 4 is 11.6 Å². The predicted molar refractivity (Wildman–Crippen MR) is 75.2 cm³/mol. The molecule has 0 aromatic heterocycles. The standard InChI is InChI=1S/C14H22N2O3/c1-13(2,14(3,4)18)16-12(17)10-7-6-9(15)8-11(10)19-5/h6-8,18H,15H2,1-5H3,(H,16,17). The second kappa shape index (κ2) is 5.09. The SMILES string of the molecule is COc1cc(N)ccc1C(=O)NC(C)(C)C(C)(C)O. The molecule has 0 bridgehead atoms. The first-order valence-corrected chi connectivity index (χ1v) is 6.07. The summed E-state index contributed by atoms with van der Waals surface area (Å²) in [5, 5.41) is 12.8. The minimum atomic E-state index is -1.05. The van der Waals surface area contributed by atoms with Gasteiger partial charge in [0.15, 0.2) is 0 Å². The van der Waals surface area contributed by atoms with E-state index in [-0.39, 0.29) is 5.91 Å². The van der Waals surface area contributed by atoms with Crippen molar-refractivity contribution in [3.63, 3.8) is 0 Å². The number of anilines is 1. The molecule has 0 aliphatic carbocycles. The maximum absolute atomic E-state index is 12.3. The average Bonchev–Trinajstić information content (AvgIpc) is 2.26. The highest BCUT2D eigenvalue weighted by Gasteiger charge is 2.36. The normalized spacial score (nSPS) is 12.1. The van der Waals surface area contributed by atoms with Crippen LogP contribution < -0.4 is 15.8 Å². The number of carbonyl (C=O) groups excluding carboxylic acids is 1. The molecule has 1 aromatic rings. The number of carbonyl (C=O) groups is 1. The summed E-state index contributed by atoms with van der Waals surface area (Å²) in [5.41, 5.74) is 4.72. The van der Waals surface area contributed by atoms with Gasteiger partial charge in [-0.25, -0.2) is 0 Å². The molecule has 106 valence electrons. The van der Waals surface area contributed by atoms with Crippen LogP contribution in [0.1, 0.15) is 38.1 Å². The van der Waals surface area contributed by atoms with E-state index in [2.05, 4.69) is 5.32 Å². The van der Waals surface area contributed by atoms with E-state index in [4.69, 9.17) is 10.5 Å². The molecule has 1 rings (SSSR count). The fourth-order valence-electron chi connectivity index (χ4n) is 1.40. The summed E-state index contributed by atoms with van der Waals surface area (Å²) in [6.07, 6.45) is 0. The summed E-state index contributed by atoms with van der Waals surface area (Å²) < 4.78 is 5.14. The number of nitrogen functional groups attached to an aromatic ring is 1. The summed E-state index contributed by atoms with van der Waals surface area (Å²) in [7, 11) is 1.48. The lowest BCUT2D eigenvalue weighted by Crippen LogP contribution is -2.57. The summed E-state index contributed by atoms with van der Waals surface area (Å²) in [6, 6.07) is 4.82. The van der Waals surface area contributed by atoms with E-state index in [9.17, 15) is 9.90 Å². The lowest BCUT2D eigenvalue weighted by molar-refractivity contribution is -0.00297. The Labute approximate surface area is 113 Å². The second-order valence-electron chi connectivity index (χ2n) is 5.60. The summed E-state index contributed by atoms with van der Waals surface area (Å²) in [6.45, 7) is 6.81. The topological polar surface area (TPSA) is 84.6 Å². The zero-order chi connectivity index (χ0) is 14.8. The third-order valence-corrected chi connectivity index (χ3v) is 3.43. The summed E-state index contributed by atoms with van der Waals surface area (Å²) >= 11 is 0. The molecule has 0 heterocycles. The van der Waals surface area contributed by atoms with E-state index < -0.39 is 11.1 Å². The summed E-state index contributed by atoms with van der Waals surface area (Å²) in [5.74, 6) is 0.0908. The van der Waals surface area contributed by atoms with Crippen molar-refractivity contribution in [2.45, 2.75) is 38.8 Å². The monoisotopic (exact) mass is 266 g/mol. The number of hydrogen-bond donors (Lipinski definition) is 3. The fourth-order valence-corrected chi connectivity index (χ4v) is 1.40. The van der Waals surface area contributed by atoms with Crippen molar-refractivity contribution in [1.29, 1.82) is 0 Å². The Morgan fingerprint density at radius 2 is 1.89 bits per heavy atom. The number of methoxy groups -OCH3 is 1. The van der Waals surface area contributed by atoms with Gasteiger partial charge in [0.25, 0.3) is 5.91 Å². The van der Waals surface area contributed by atoms with Crippen LogP contribution in [0.5, 0.6) is 5.75 Å². The molecular formula is C14H22N2O3. The lowest BCUT2D eigenvalue weighted by atomic mass is 9.85. The molecule has 1 amide bonds. The van der Waals surface area contributed by atoms with E-state index >= 15 is 0 Å². The van der Waals surface area contributed by atoms with Gasteiger partial charge in [-0.3, -0.25) is 4.79 Å². The largest absolute Gasteiger partial charge is 0.496 e. The highest BCUT2D eigenvalue weighted by molar-refractivity contribution is 5.97. The van der Waals surface area contributed by atoms with Crippen molar-refractivity contribution in [3.05, 3.63) is 23.8 Å². The Morgan fingerprint density at radius 3 is 2.37 bits per heavy atom. The lowest BCUT2D eigenvalue weighted by Gasteiger charge is -2.38. The van der Waals surface area contributed by atoms with Crippen molar-refractivity contribution in [1.82, 2.24) is 5.32 Å². The van der Waals surface area contributed by atoms with Gasteiger partial charge in [-0.2, -0.15) is 0 Å². The molecule has 0 aliphatic rings. The van der Waals surface area contributed by atoms with Crippen LogP contribution in [-0.2, 0) is 0 Å².